The standard InChI is InChI=1S/C12H22N2O3/c1-11(2,3)17-10(15)14-7-12-6-13-4-9(12)5-16-8-12/h9,13H,4-8H2,1-3H3,(H,14,15)/t9-,12-/m1/s1. The minimum Gasteiger partial charge on any atom is -0.444 e. The third-order valence-electron chi connectivity index (χ3n) is 3.43. The van der Waals surface area contributed by atoms with Crippen LogP contribution in [0.1, 0.15) is 20.8 Å². The van der Waals surface area contributed by atoms with Crippen LogP contribution in [-0.2, 0) is 9.47 Å². The number of hydrogen-bond acceptors (Lipinski definition) is 4. The molecule has 0 aliphatic carbocycles. The molecule has 2 fully saturated rings. The van der Waals surface area contributed by atoms with Gasteiger partial charge >= 0.3 is 6.09 Å². The number of carbonyl (C=O) groups is 1. The Morgan fingerprint density at radius 1 is 1.59 bits per heavy atom. The molecule has 2 saturated heterocycles. The van der Waals surface area contributed by atoms with Crippen LogP contribution in [0, 0.1) is 11.3 Å². The summed E-state index contributed by atoms with van der Waals surface area (Å²) in [7, 11) is 0. The van der Waals surface area contributed by atoms with Crippen LogP contribution in [0.25, 0.3) is 0 Å². The first-order valence-electron chi connectivity index (χ1n) is 6.17. The van der Waals surface area contributed by atoms with Crippen LogP contribution in [0.4, 0.5) is 4.79 Å². The molecule has 2 aliphatic rings. The van der Waals surface area contributed by atoms with E-state index in [4.69, 9.17) is 9.47 Å². The highest BCUT2D eigenvalue weighted by Gasteiger charge is 2.47. The number of ether oxygens (including phenoxy) is 2. The molecule has 98 valence electrons. The molecule has 0 aromatic heterocycles. The van der Waals surface area contributed by atoms with Crippen molar-refractivity contribution in [3.63, 3.8) is 0 Å². The molecule has 2 N–H and O–H groups in total. The van der Waals surface area contributed by atoms with Gasteiger partial charge in [-0.1, -0.05) is 0 Å². The number of carbonyl (C=O) groups excluding carboxylic acids is 1. The van der Waals surface area contributed by atoms with Crippen molar-refractivity contribution in [2.75, 3.05) is 32.8 Å². The molecule has 5 heteroatoms. The van der Waals surface area contributed by atoms with E-state index in [-0.39, 0.29) is 11.5 Å². The van der Waals surface area contributed by atoms with E-state index in [9.17, 15) is 4.79 Å². The molecule has 5 nitrogen and oxygen atoms in total. The summed E-state index contributed by atoms with van der Waals surface area (Å²) in [5.41, 5.74) is -0.377. The number of hydrogen-bond donors (Lipinski definition) is 2. The van der Waals surface area contributed by atoms with Crippen LogP contribution in [0.5, 0.6) is 0 Å². The van der Waals surface area contributed by atoms with E-state index in [1.807, 2.05) is 20.8 Å². The molecule has 0 aromatic rings. The Balaban J connectivity index is 1.83. The van der Waals surface area contributed by atoms with Crippen molar-refractivity contribution < 1.29 is 14.3 Å². The molecule has 17 heavy (non-hydrogen) atoms. The van der Waals surface area contributed by atoms with Gasteiger partial charge < -0.3 is 20.1 Å². The first kappa shape index (κ1) is 12.6. The van der Waals surface area contributed by atoms with Gasteiger partial charge in [0, 0.05) is 31.0 Å². The summed E-state index contributed by atoms with van der Waals surface area (Å²) in [6.07, 6.45) is -0.343. The van der Waals surface area contributed by atoms with Crippen LogP contribution < -0.4 is 10.6 Å². The highest BCUT2D eigenvalue weighted by molar-refractivity contribution is 5.67. The van der Waals surface area contributed by atoms with Crippen molar-refractivity contribution in [1.82, 2.24) is 10.6 Å². The van der Waals surface area contributed by atoms with E-state index in [1.54, 1.807) is 0 Å². The van der Waals surface area contributed by atoms with Crippen molar-refractivity contribution in [3.05, 3.63) is 0 Å². The monoisotopic (exact) mass is 242 g/mol. The number of alkyl carbamates (subject to hydrolysis) is 1. The second kappa shape index (κ2) is 4.46. The summed E-state index contributed by atoms with van der Waals surface area (Å²) in [4.78, 5) is 11.6. The Hall–Kier alpha value is -0.810. The zero-order valence-corrected chi connectivity index (χ0v) is 10.8. The maximum Gasteiger partial charge on any atom is 0.407 e. The van der Waals surface area contributed by atoms with Gasteiger partial charge in [-0.15, -0.1) is 0 Å². The van der Waals surface area contributed by atoms with Crippen LogP contribution >= 0.6 is 0 Å². The molecule has 0 unspecified atom stereocenters. The normalized spacial score (nSPS) is 32.3. The van der Waals surface area contributed by atoms with E-state index >= 15 is 0 Å². The lowest BCUT2D eigenvalue weighted by molar-refractivity contribution is 0.0493. The molecular formula is C12H22N2O3. The van der Waals surface area contributed by atoms with E-state index in [1.165, 1.54) is 0 Å². The van der Waals surface area contributed by atoms with Gasteiger partial charge in [0.15, 0.2) is 0 Å². The van der Waals surface area contributed by atoms with Crippen molar-refractivity contribution >= 4 is 6.09 Å². The predicted octanol–water partition coefficient (Wildman–Crippen LogP) is 0.747. The third-order valence-corrected chi connectivity index (χ3v) is 3.43. The van der Waals surface area contributed by atoms with E-state index in [0.29, 0.717) is 12.5 Å². The molecule has 0 saturated carbocycles. The lowest BCUT2D eigenvalue weighted by Crippen LogP contribution is -2.44. The van der Waals surface area contributed by atoms with Gasteiger partial charge in [0.1, 0.15) is 5.60 Å². The highest BCUT2D eigenvalue weighted by Crippen LogP contribution is 2.36. The predicted molar refractivity (Wildman–Crippen MR) is 63.8 cm³/mol. The molecule has 2 aliphatic heterocycles. The van der Waals surface area contributed by atoms with Gasteiger partial charge in [-0.3, -0.25) is 0 Å². The molecule has 0 aromatic carbocycles. The lowest BCUT2D eigenvalue weighted by Gasteiger charge is -2.27. The lowest BCUT2D eigenvalue weighted by atomic mass is 9.81. The third kappa shape index (κ3) is 2.90. The molecular weight excluding hydrogens is 220 g/mol. The van der Waals surface area contributed by atoms with Crippen LogP contribution in [0.15, 0.2) is 0 Å². The van der Waals surface area contributed by atoms with Gasteiger partial charge in [-0.2, -0.15) is 0 Å². The quantitative estimate of drug-likeness (QED) is 0.750. The highest BCUT2D eigenvalue weighted by atomic mass is 16.6. The van der Waals surface area contributed by atoms with Crippen molar-refractivity contribution in [1.29, 1.82) is 0 Å². The Bertz CT molecular complexity index is 289. The van der Waals surface area contributed by atoms with Crippen LogP contribution in [-0.4, -0.2) is 44.5 Å². The van der Waals surface area contributed by atoms with Gasteiger partial charge in [0.25, 0.3) is 0 Å². The first-order chi connectivity index (χ1) is 7.91. The smallest absolute Gasteiger partial charge is 0.407 e. The summed E-state index contributed by atoms with van der Waals surface area (Å²) in [5, 5.41) is 6.23. The molecule has 2 heterocycles. The molecule has 0 radical (unpaired) electrons. The Kier molecular flexibility index (Phi) is 3.32. The minimum atomic E-state index is -0.443. The second-order valence-electron chi connectivity index (χ2n) is 6.06. The van der Waals surface area contributed by atoms with Crippen molar-refractivity contribution in [2.45, 2.75) is 26.4 Å². The Morgan fingerprint density at radius 3 is 3.06 bits per heavy atom. The number of rotatable bonds is 2. The number of amides is 1. The van der Waals surface area contributed by atoms with Crippen LogP contribution in [0.2, 0.25) is 0 Å². The fraction of sp³-hybridized carbons (Fsp3) is 0.917. The average molecular weight is 242 g/mol. The van der Waals surface area contributed by atoms with E-state index in [0.717, 1.165) is 26.3 Å². The van der Waals surface area contributed by atoms with E-state index < -0.39 is 5.60 Å². The van der Waals surface area contributed by atoms with Gasteiger partial charge in [0.05, 0.1) is 13.2 Å². The van der Waals surface area contributed by atoms with Crippen LogP contribution in [0.3, 0.4) is 0 Å². The largest absolute Gasteiger partial charge is 0.444 e. The topological polar surface area (TPSA) is 59.6 Å². The zero-order chi connectivity index (χ0) is 12.5. The Labute approximate surface area is 102 Å². The number of nitrogens with one attached hydrogen (secondary N) is 2. The molecule has 2 rings (SSSR count). The van der Waals surface area contributed by atoms with Crippen molar-refractivity contribution in [3.8, 4) is 0 Å². The van der Waals surface area contributed by atoms with Gasteiger partial charge in [-0.05, 0) is 20.8 Å². The molecule has 2 atom stereocenters. The van der Waals surface area contributed by atoms with Gasteiger partial charge in [0.2, 0.25) is 0 Å². The minimum absolute atomic E-state index is 0.0664. The molecule has 0 bridgehead atoms. The SMILES string of the molecule is CC(C)(C)OC(=O)NC[C@@]12CNC[C@@H]1COC2. The second-order valence-corrected chi connectivity index (χ2v) is 6.06. The number of fused-ring (bicyclic) bond motifs is 1. The van der Waals surface area contributed by atoms with Crippen molar-refractivity contribution in [2.24, 2.45) is 11.3 Å². The fourth-order valence-electron chi connectivity index (χ4n) is 2.49. The molecule has 1 amide bonds. The zero-order valence-electron chi connectivity index (χ0n) is 10.8. The summed E-state index contributed by atoms with van der Waals surface area (Å²) in [6, 6.07) is 0. The average Bonchev–Trinajstić information content (AvgIpc) is 2.69. The maximum atomic E-state index is 11.6. The molecule has 0 spiro atoms. The summed E-state index contributed by atoms with van der Waals surface area (Å²) in [5.74, 6) is 0.512. The Morgan fingerprint density at radius 2 is 2.35 bits per heavy atom. The summed E-state index contributed by atoms with van der Waals surface area (Å²) in [6.45, 7) is 9.63. The van der Waals surface area contributed by atoms with E-state index in [2.05, 4.69) is 10.6 Å². The maximum absolute atomic E-state index is 11.6. The van der Waals surface area contributed by atoms with Gasteiger partial charge in [-0.25, -0.2) is 4.79 Å². The fourth-order valence-corrected chi connectivity index (χ4v) is 2.49. The summed E-state index contributed by atoms with van der Waals surface area (Å²) >= 11 is 0. The summed E-state index contributed by atoms with van der Waals surface area (Å²) < 4.78 is 10.7. The first-order valence-corrected chi connectivity index (χ1v) is 6.17.